The summed E-state index contributed by atoms with van der Waals surface area (Å²) in [5.41, 5.74) is 1.27. The lowest BCUT2D eigenvalue weighted by molar-refractivity contribution is 0.619. The Morgan fingerprint density at radius 1 is 1.21 bits per heavy atom. The maximum absolute atomic E-state index is 6.14. The van der Waals surface area contributed by atoms with Gasteiger partial charge in [0.15, 0.2) is 0 Å². The van der Waals surface area contributed by atoms with Crippen LogP contribution >= 0.6 is 27.5 Å². The lowest BCUT2D eigenvalue weighted by atomic mass is 9.98. The van der Waals surface area contributed by atoms with Gasteiger partial charge in [-0.1, -0.05) is 58.6 Å². The molecule has 0 atom stereocenters. The highest BCUT2D eigenvalue weighted by molar-refractivity contribution is 9.10. The first kappa shape index (κ1) is 10.5. The molecule has 2 heteroatoms. The molecule has 0 aromatic heterocycles. The summed E-state index contributed by atoms with van der Waals surface area (Å²) in [6, 6.07) is 8.15. The van der Waals surface area contributed by atoms with Crippen LogP contribution in [-0.2, 0) is 6.42 Å². The van der Waals surface area contributed by atoms with Gasteiger partial charge in [0.1, 0.15) is 0 Å². The maximum Gasteiger partial charge on any atom is 0.0438 e. The smallest absolute Gasteiger partial charge is 0.0438 e. The summed E-state index contributed by atoms with van der Waals surface area (Å²) in [4.78, 5) is 0. The van der Waals surface area contributed by atoms with Gasteiger partial charge in [-0.25, -0.2) is 0 Å². The molecule has 1 fully saturated rings. The molecule has 1 aliphatic carbocycles. The van der Waals surface area contributed by atoms with Crippen LogP contribution in [0.5, 0.6) is 0 Å². The lowest BCUT2D eigenvalue weighted by Gasteiger charge is -2.21. The number of benzene rings is 1. The minimum atomic E-state index is 0.317. The van der Waals surface area contributed by atoms with E-state index in [9.17, 15) is 0 Å². The topological polar surface area (TPSA) is 0 Å². The molecule has 0 unspecified atom stereocenters. The summed E-state index contributed by atoms with van der Waals surface area (Å²) in [6.07, 6.45) is 6.30. The summed E-state index contributed by atoms with van der Waals surface area (Å²) in [5.74, 6) is 0. The molecule has 0 aliphatic heterocycles. The van der Waals surface area contributed by atoms with Gasteiger partial charge in [-0.15, -0.1) is 0 Å². The number of alkyl halides is 1. The zero-order chi connectivity index (χ0) is 10.0. The van der Waals surface area contributed by atoms with E-state index in [1.54, 1.807) is 0 Å². The fourth-order valence-electron chi connectivity index (χ4n) is 2.17. The summed E-state index contributed by atoms with van der Waals surface area (Å²) in [6.45, 7) is 0. The number of hydrogen-bond acceptors (Lipinski definition) is 0. The van der Waals surface area contributed by atoms with Crippen LogP contribution in [0.15, 0.2) is 24.3 Å². The van der Waals surface area contributed by atoms with Crippen molar-refractivity contribution < 1.29 is 0 Å². The highest BCUT2D eigenvalue weighted by atomic mass is 79.9. The van der Waals surface area contributed by atoms with Gasteiger partial charge in [-0.3, -0.25) is 0 Å². The second-order valence-corrected chi connectivity index (χ2v) is 6.22. The molecule has 2 rings (SSSR count). The minimum Gasteiger partial charge on any atom is -0.0850 e. The van der Waals surface area contributed by atoms with E-state index in [0.29, 0.717) is 4.32 Å². The van der Waals surface area contributed by atoms with E-state index in [4.69, 9.17) is 11.6 Å². The quantitative estimate of drug-likeness (QED) is 0.691. The van der Waals surface area contributed by atoms with Crippen LogP contribution in [0, 0.1) is 0 Å². The summed E-state index contributed by atoms with van der Waals surface area (Å²) >= 11 is 10.0. The van der Waals surface area contributed by atoms with Gasteiger partial charge in [-0.05, 0) is 30.9 Å². The van der Waals surface area contributed by atoms with Gasteiger partial charge in [0, 0.05) is 9.35 Å². The summed E-state index contributed by atoms with van der Waals surface area (Å²) in [5, 5.41) is 0.901. The average Bonchev–Trinajstić information content (AvgIpc) is 2.57. The highest BCUT2D eigenvalue weighted by Crippen LogP contribution is 2.41. The zero-order valence-corrected chi connectivity index (χ0v) is 10.4. The van der Waals surface area contributed by atoms with Crippen LogP contribution in [0.2, 0.25) is 5.02 Å². The summed E-state index contributed by atoms with van der Waals surface area (Å²) < 4.78 is 0.317. The SMILES string of the molecule is Clc1ccccc1CC1(Br)CCCC1. The molecule has 0 spiro atoms. The van der Waals surface area contributed by atoms with Gasteiger partial charge < -0.3 is 0 Å². The Morgan fingerprint density at radius 2 is 1.86 bits per heavy atom. The molecule has 1 aromatic carbocycles. The largest absolute Gasteiger partial charge is 0.0850 e. The minimum absolute atomic E-state index is 0.317. The second kappa shape index (κ2) is 4.24. The van der Waals surface area contributed by atoms with E-state index >= 15 is 0 Å². The molecule has 0 nitrogen and oxygen atoms in total. The van der Waals surface area contributed by atoms with E-state index in [2.05, 4.69) is 28.1 Å². The van der Waals surface area contributed by atoms with Crippen molar-refractivity contribution in [3.8, 4) is 0 Å². The van der Waals surface area contributed by atoms with Gasteiger partial charge >= 0.3 is 0 Å². The third-order valence-corrected chi connectivity index (χ3v) is 4.41. The van der Waals surface area contributed by atoms with Crippen molar-refractivity contribution in [3.63, 3.8) is 0 Å². The van der Waals surface area contributed by atoms with E-state index in [1.807, 2.05) is 12.1 Å². The van der Waals surface area contributed by atoms with Crippen LogP contribution in [0.3, 0.4) is 0 Å². The van der Waals surface area contributed by atoms with Crippen molar-refractivity contribution >= 4 is 27.5 Å². The third kappa shape index (κ3) is 2.32. The predicted molar refractivity (Wildman–Crippen MR) is 65.3 cm³/mol. The molecule has 1 aliphatic rings. The maximum atomic E-state index is 6.14. The fourth-order valence-corrected chi connectivity index (χ4v) is 3.23. The van der Waals surface area contributed by atoms with E-state index in [0.717, 1.165) is 11.4 Å². The number of rotatable bonds is 2. The number of halogens is 2. The van der Waals surface area contributed by atoms with Crippen LogP contribution < -0.4 is 0 Å². The second-order valence-electron chi connectivity index (χ2n) is 4.13. The molecule has 0 radical (unpaired) electrons. The Balaban J connectivity index is 2.14. The van der Waals surface area contributed by atoms with Crippen molar-refractivity contribution in [2.75, 3.05) is 0 Å². The lowest BCUT2D eigenvalue weighted by Crippen LogP contribution is -2.18. The van der Waals surface area contributed by atoms with Gasteiger partial charge in [-0.2, -0.15) is 0 Å². The molecule has 1 saturated carbocycles. The molecule has 0 bridgehead atoms. The summed E-state index contributed by atoms with van der Waals surface area (Å²) in [7, 11) is 0. The zero-order valence-electron chi connectivity index (χ0n) is 8.10. The van der Waals surface area contributed by atoms with Crippen LogP contribution in [0.4, 0.5) is 0 Å². The fraction of sp³-hybridized carbons (Fsp3) is 0.500. The van der Waals surface area contributed by atoms with Gasteiger partial charge in [0.25, 0.3) is 0 Å². The molecular weight excluding hydrogens is 259 g/mol. The van der Waals surface area contributed by atoms with Crippen molar-refractivity contribution in [3.05, 3.63) is 34.9 Å². The molecule has 0 N–H and O–H groups in total. The van der Waals surface area contributed by atoms with Gasteiger partial charge in [0.05, 0.1) is 0 Å². The Bertz CT molecular complexity index is 316. The van der Waals surface area contributed by atoms with Crippen molar-refractivity contribution in [2.24, 2.45) is 0 Å². The van der Waals surface area contributed by atoms with Crippen molar-refractivity contribution in [1.82, 2.24) is 0 Å². The normalized spacial score (nSPS) is 19.9. The van der Waals surface area contributed by atoms with Crippen molar-refractivity contribution in [2.45, 2.75) is 36.4 Å². The molecule has 0 saturated heterocycles. The molecule has 0 amide bonds. The average molecular weight is 274 g/mol. The highest BCUT2D eigenvalue weighted by Gasteiger charge is 2.31. The molecule has 76 valence electrons. The predicted octanol–water partition coefficient (Wildman–Crippen LogP) is 4.59. The first-order valence-electron chi connectivity index (χ1n) is 5.12. The number of hydrogen-bond donors (Lipinski definition) is 0. The molecular formula is C12H14BrCl. The van der Waals surface area contributed by atoms with E-state index in [-0.39, 0.29) is 0 Å². The Kier molecular flexibility index (Phi) is 3.18. The first-order chi connectivity index (χ1) is 6.70. The third-order valence-electron chi connectivity index (χ3n) is 2.96. The molecule has 0 heterocycles. The first-order valence-corrected chi connectivity index (χ1v) is 6.29. The van der Waals surface area contributed by atoms with E-state index < -0.39 is 0 Å². The molecule has 14 heavy (non-hydrogen) atoms. The van der Waals surface area contributed by atoms with Gasteiger partial charge in [0.2, 0.25) is 0 Å². The van der Waals surface area contributed by atoms with Crippen LogP contribution in [-0.4, -0.2) is 4.32 Å². The Hall–Kier alpha value is -0.0100. The van der Waals surface area contributed by atoms with Crippen LogP contribution in [0.25, 0.3) is 0 Å². The monoisotopic (exact) mass is 272 g/mol. The Morgan fingerprint density at radius 3 is 2.50 bits per heavy atom. The molecule has 1 aromatic rings. The Labute approximate surface area is 98.8 Å². The standard InChI is InChI=1S/C12H14BrCl/c13-12(7-3-4-8-12)9-10-5-1-2-6-11(10)14/h1-2,5-6H,3-4,7-9H2. The van der Waals surface area contributed by atoms with Crippen LogP contribution in [0.1, 0.15) is 31.2 Å². The van der Waals surface area contributed by atoms with Crippen molar-refractivity contribution in [1.29, 1.82) is 0 Å². The van der Waals surface area contributed by atoms with E-state index in [1.165, 1.54) is 31.2 Å².